The molecule has 0 unspecified atom stereocenters. The Morgan fingerprint density at radius 1 is 1.06 bits per heavy atom. The van der Waals surface area contributed by atoms with E-state index in [4.69, 9.17) is 38.3 Å². The Bertz CT molecular complexity index is 1310. The van der Waals surface area contributed by atoms with Crippen molar-refractivity contribution in [1.29, 1.82) is 0 Å². The number of para-hydroxylation sites is 1. The maximum absolute atomic E-state index is 12.6. The highest BCUT2D eigenvalue weighted by molar-refractivity contribution is 7.80. The fourth-order valence-electron chi connectivity index (χ4n) is 3.16. The van der Waals surface area contributed by atoms with Gasteiger partial charge in [0, 0.05) is 16.1 Å². The van der Waals surface area contributed by atoms with Crippen molar-refractivity contribution in [1.82, 2.24) is 10.3 Å². The molecule has 0 atom stereocenters. The number of fused-ring (bicyclic) bond motifs is 2. The van der Waals surface area contributed by atoms with E-state index in [9.17, 15) is 4.79 Å². The lowest BCUT2D eigenvalue weighted by atomic mass is 10.2. The molecule has 0 fully saturated rings. The summed E-state index contributed by atoms with van der Waals surface area (Å²) in [5.41, 5.74) is 2.82. The van der Waals surface area contributed by atoms with Crippen LogP contribution in [0.15, 0.2) is 60.7 Å². The van der Waals surface area contributed by atoms with Crippen LogP contribution in [0.2, 0.25) is 5.02 Å². The molecule has 0 radical (unpaired) electrons. The molecular formula is C22H14ClN3O3S2. The van der Waals surface area contributed by atoms with Gasteiger partial charge in [-0.3, -0.25) is 10.1 Å². The van der Waals surface area contributed by atoms with Gasteiger partial charge in [-0.2, -0.15) is 0 Å². The molecule has 1 aliphatic heterocycles. The van der Waals surface area contributed by atoms with Gasteiger partial charge in [-0.05, 0) is 60.7 Å². The smallest absolute Gasteiger partial charge is 0.257 e. The van der Waals surface area contributed by atoms with Crippen molar-refractivity contribution >= 4 is 62.1 Å². The van der Waals surface area contributed by atoms with Crippen molar-refractivity contribution in [3.63, 3.8) is 0 Å². The van der Waals surface area contributed by atoms with Crippen LogP contribution in [0, 0.1) is 0 Å². The molecule has 31 heavy (non-hydrogen) atoms. The van der Waals surface area contributed by atoms with Crippen molar-refractivity contribution in [2.75, 3.05) is 12.1 Å². The lowest BCUT2D eigenvalue weighted by Crippen LogP contribution is -2.34. The van der Waals surface area contributed by atoms with Crippen LogP contribution < -0.4 is 20.1 Å². The van der Waals surface area contributed by atoms with E-state index in [1.165, 1.54) is 0 Å². The summed E-state index contributed by atoms with van der Waals surface area (Å²) in [7, 11) is 0. The number of nitrogens with zero attached hydrogens (tertiary/aromatic N) is 1. The van der Waals surface area contributed by atoms with Crippen molar-refractivity contribution in [3.8, 4) is 22.1 Å². The normalized spacial score (nSPS) is 12.0. The number of benzene rings is 3. The van der Waals surface area contributed by atoms with E-state index in [0.717, 1.165) is 20.8 Å². The summed E-state index contributed by atoms with van der Waals surface area (Å²) >= 11 is 13.2. The molecule has 6 nitrogen and oxygen atoms in total. The number of rotatable bonds is 3. The minimum atomic E-state index is -0.355. The van der Waals surface area contributed by atoms with Crippen molar-refractivity contribution in [2.24, 2.45) is 0 Å². The number of thiocarbonyl (C=S) groups is 1. The zero-order valence-corrected chi connectivity index (χ0v) is 18.2. The van der Waals surface area contributed by atoms with E-state index in [-0.39, 0.29) is 17.8 Å². The fourth-order valence-corrected chi connectivity index (χ4v) is 4.53. The standard InChI is InChI=1S/C22H14ClN3O3S2/c23-13-6-7-15(14(10-13)21-24-16-3-1-2-4-19(16)31-21)25-22(30)26-20(27)12-5-8-17-18(9-12)29-11-28-17/h1-10H,11H2,(H2,25,26,27,30). The molecule has 0 bridgehead atoms. The number of aromatic nitrogens is 1. The summed E-state index contributed by atoms with van der Waals surface area (Å²) < 4.78 is 11.7. The number of hydrogen-bond donors (Lipinski definition) is 2. The number of carbonyl (C=O) groups excluding carboxylic acids is 1. The molecule has 0 saturated heterocycles. The summed E-state index contributed by atoms with van der Waals surface area (Å²) in [5.74, 6) is 0.785. The Morgan fingerprint density at radius 3 is 2.77 bits per heavy atom. The zero-order valence-electron chi connectivity index (χ0n) is 15.8. The number of nitrogens with one attached hydrogen (secondary N) is 2. The average Bonchev–Trinajstić information content (AvgIpc) is 3.41. The summed E-state index contributed by atoms with van der Waals surface area (Å²) in [6.07, 6.45) is 0. The van der Waals surface area contributed by atoms with Crippen LogP contribution in [0.1, 0.15) is 10.4 Å². The summed E-state index contributed by atoms with van der Waals surface area (Å²) in [6, 6.07) is 18.3. The lowest BCUT2D eigenvalue weighted by Gasteiger charge is -2.13. The van der Waals surface area contributed by atoms with Gasteiger partial charge in [-0.15, -0.1) is 11.3 Å². The molecule has 2 N–H and O–H groups in total. The number of anilines is 1. The van der Waals surface area contributed by atoms with Gasteiger partial charge in [0.1, 0.15) is 5.01 Å². The zero-order chi connectivity index (χ0) is 21.4. The maximum Gasteiger partial charge on any atom is 0.257 e. The highest BCUT2D eigenvalue weighted by Gasteiger charge is 2.18. The highest BCUT2D eigenvalue weighted by Crippen LogP contribution is 2.36. The fraction of sp³-hybridized carbons (Fsp3) is 0.0455. The van der Waals surface area contributed by atoms with Crippen LogP contribution in [0.4, 0.5) is 5.69 Å². The van der Waals surface area contributed by atoms with Gasteiger partial charge in [0.15, 0.2) is 16.6 Å². The average molecular weight is 468 g/mol. The molecular weight excluding hydrogens is 454 g/mol. The number of halogens is 1. The van der Waals surface area contributed by atoms with E-state index in [0.29, 0.717) is 27.8 Å². The highest BCUT2D eigenvalue weighted by atomic mass is 35.5. The third kappa shape index (κ3) is 4.05. The number of amides is 1. The van der Waals surface area contributed by atoms with Crippen LogP contribution in [0.5, 0.6) is 11.5 Å². The van der Waals surface area contributed by atoms with Crippen molar-refractivity contribution in [2.45, 2.75) is 0 Å². The topological polar surface area (TPSA) is 72.5 Å². The predicted molar refractivity (Wildman–Crippen MR) is 126 cm³/mol. The van der Waals surface area contributed by atoms with Crippen LogP contribution in [-0.4, -0.2) is 22.8 Å². The quantitative estimate of drug-likeness (QED) is 0.389. The summed E-state index contributed by atoms with van der Waals surface area (Å²) in [6.45, 7) is 0.144. The Kier molecular flexibility index (Phi) is 5.19. The van der Waals surface area contributed by atoms with E-state index in [2.05, 4.69) is 10.6 Å². The Morgan fingerprint density at radius 2 is 1.90 bits per heavy atom. The second kappa shape index (κ2) is 8.14. The SMILES string of the molecule is O=C(NC(=S)Nc1ccc(Cl)cc1-c1nc2ccccc2s1)c1ccc2c(c1)OCO2. The van der Waals surface area contributed by atoms with Crippen LogP contribution in [0.3, 0.4) is 0 Å². The Balaban J connectivity index is 1.37. The van der Waals surface area contributed by atoms with Gasteiger partial charge in [0.05, 0.1) is 15.9 Å². The third-order valence-corrected chi connectivity index (χ3v) is 6.12. The monoisotopic (exact) mass is 467 g/mol. The second-order valence-corrected chi connectivity index (χ2v) is 8.53. The van der Waals surface area contributed by atoms with Gasteiger partial charge in [0.2, 0.25) is 6.79 Å². The second-order valence-electron chi connectivity index (χ2n) is 6.65. The maximum atomic E-state index is 12.6. The van der Waals surface area contributed by atoms with Crippen LogP contribution >= 0.6 is 35.2 Å². The minimum absolute atomic E-state index is 0.144. The molecule has 154 valence electrons. The number of hydrogen-bond acceptors (Lipinski definition) is 6. The minimum Gasteiger partial charge on any atom is -0.454 e. The van der Waals surface area contributed by atoms with E-state index < -0.39 is 0 Å². The number of ether oxygens (including phenoxy) is 2. The molecule has 1 amide bonds. The predicted octanol–water partition coefficient (Wildman–Crippen LogP) is 5.47. The molecule has 0 saturated carbocycles. The van der Waals surface area contributed by atoms with Gasteiger partial charge in [-0.1, -0.05) is 23.7 Å². The molecule has 9 heteroatoms. The Hall–Kier alpha value is -3.20. The van der Waals surface area contributed by atoms with E-state index in [1.54, 1.807) is 35.6 Å². The molecule has 0 aliphatic carbocycles. The molecule has 5 rings (SSSR count). The Labute approximate surface area is 191 Å². The van der Waals surface area contributed by atoms with Gasteiger partial charge < -0.3 is 14.8 Å². The molecule has 0 spiro atoms. The molecule has 1 aromatic heterocycles. The largest absolute Gasteiger partial charge is 0.454 e. The summed E-state index contributed by atoms with van der Waals surface area (Å²) in [4.78, 5) is 17.3. The number of thiazole rings is 1. The molecule has 1 aliphatic rings. The first kappa shape index (κ1) is 19.7. The van der Waals surface area contributed by atoms with Crippen LogP contribution in [-0.2, 0) is 0 Å². The number of carbonyl (C=O) groups is 1. The molecule has 2 heterocycles. The molecule has 4 aromatic rings. The third-order valence-electron chi connectivity index (χ3n) is 4.62. The van der Waals surface area contributed by atoms with Crippen molar-refractivity contribution < 1.29 is 14.3 Å². The van der Waals surface area contributed by atoms with Crippen LogP contribution in [0.25, 0.3) is 20.8 Å². The first-order valence-electron chi connectivity index (χ1n) is 9.24. The van der Waals surface area contributed by atoms with Gasteiger partial charge >= 0.3 is 0 Å². The first-order chi connectivity index (χ1) is 15.1. The van der Waals surface area contributed by atoms with Gasteiger partial charge in [-0.25, -0.2) is 4.98 Å². The van der Waals surface area contributed by atoms with E-state index >= 15 is 0 Å². The van der Waals surface area contributed by atoms with Crippen molar-refractivity contribution in [3.05, 3.63) is 71.2 Å². The first-order valence-corrected chi connectivity index (χ1v) is 10.8. The lowest BCUT2D eigenvalue weighted by molar-refractivity contribution is 0.0977. The van der Waals surface area contributed by atoms with E-state index in [1.807, 2.05) is 36.4 Å². The van der Waals surface area contributed by atoms with Gasteiger partial charge in [0.25, 0.3) is 5.91 Å². The molecule has 3 aromatic carbocycles. The summed E-state index contributed by atoms with van der Waals surface area (Å²) in [5, 5.41) is 7.32.